The SMILES string of the molecule is CCOC(=O)C1CC(C)=CCN1[S@@+]([O-])C(C)(C)C. The number of carbonyl (C=O) groups is 1. The Morgan fingerprint density at radius 3 is 2.72 bits per heavy atom. The number of rotatable bonds is 3. The molecule has 18 heavy (non-hydrogen) atoms. The largest absolute Gasteiger partial charge is 0.597 e. The summed E-state index contributed by atoms with van der Waals surface area (Å²) in [4.78, 5) is 12.0. The van der Waals surface area contributed by atoms with E-state index in [1.807, 2.05) is 33.8 Å². The van der Waals surface area contributed by atoms with Crippen LogP contribution in [-0.2, 0) is 20.9 Å². The van der Waals surface area contributed by atoms with Gasteiger partial charge in [0.2, 0.25) is 0 Å². The zero-order valence-electron chi connectivity index (χ0n) is 11.9. The first-order chi connectivity index (χ1) is 8.27. The van der Waals surface area contributed by atoms with Crippen molar-refractivity contribution in [3.8, 4) is 0 Å². The van der Waals surface area contributed by atoms with Gasteiger partial charge in [0, 0.05) is 11.4 Å². The summed E-state index contributed by atoms with van der Waals surface area (Å²) in [5, 5.41) is 0. The van der Waals surface area contributed by atoms with Crippen molar-refractivity contribution in [2.75, 3.05) is 13.2 Å². The number of nitrogens with zero attached hydrogens (tertiary/aromatic N) is 1. The van der Waals surface area contributed by atoms with Crippen molar-refractivity contribution in [3.63, 3.8) is 0 Å². The molecule has 1 rings (SSSR count). The Bertz CT molecular complexity index is 336. The van der Waals surface area contributed by atoms with Gasteiger partial charge in [0.05, 0.1) is 13.2 Å². The molecular weight excluding hydrogens is 250 g/mol. The first-order valence-corrected chi connectivity index (χ1v) is 7.39. The fourth-order valence-corrected chi connectivity index (χ4v) is 3.14. The smallest absolute Gasteiger partial charge is 0.328 e. The summed E-state index contributed by atoms with van der Waals surface area (Å²) in [7, 11) is 0. The lowest BCUT2D eigenvalue weighted by Gasteiger charge is -2.37. The average molecular weight is 273 g/mol. The van der Waals surface area contributed by atoms with Crippen LogP contribution in [0.4, 0.5) is 0 Å². The molecule has 0 radical (unpaired) electrons. The highest BCUT2D eigenvalue weighted by Gasteiger charge is 2.42. The first-order valence-electron chi connectivity index (χ1n) is 6.28. The molecule has 1 aliphatic rings. The molecular formula is C13H23NO3S. The van der Waals surface area contributed by atoms with E-state index in [1.54, 1.807) is 11.2 Å². The average Bonchev–Trinajstić information content (AvgIpc) is 2.27. The van der Waals surface area contributed by atoms with Crippen LogP contribution < -0.4 is 0 Å². The molecule has 0 aliphatic carbocycles. The number of hydrogen-bond donors (Lipinski definition) is 0. The fourth-order valence-electron chi connectivity index (χ4n) is 1.84. The summed E-state index contributed by atoms with van der Waals surface area (Å²) >= 11 is -1.21. The highest BCUT2D eigenvalue weighted by molar-refractivity contribution is 7.90. The molecule has 2 atom stereocenters. The van der Waals surface area contributed by atoms with Gasteiger partial charge in [0.25, 0.3) is 0 Å². The molecule has 0 amide bonds. The van der Waals surface area contributed by atoms with Gasteiger partial charge in [0.15, 0.2) is 6.04 Å². The third-order valence-electron chi connectivity index (χ3n) is 2.78. The summed E-state index contributed by atoms with van der Waals surface area (Å²) in [6.45, 7) is 10.4. The Balaban J connectivity index is 2.89. The van der Waals surface area contributed by atoms with E-state index in [2.05, 4.69) is 0 Å². The molecule has 0 aromatic carbocycles. The van der Waals surface area contributed by atoms with Crippen molar-refractivity contribution < 1.29 is 14.1 Å². The standard InChI is InChI=1S/C13H23NO3S/c1-6-17-12(15)11-9-10(2)7-8-14(11)18(16)13(3,4)5/h7,11H,6,8-9H2,1-5H3/t11?,18-/m0/s1. The zero-order valence-corrected chi connectivity index (χ0v) is 12.7. The topological polar surface area (TPSA) is 52.6 Å². The van der Waals surface area contributed by atoms with Gasteiger partial charge in [0.1, 0.15) is 4.75 Å². The lowest BCUT2D eigenvalue weighted by atomic mass is 10.0. The summed E-state index contributed by atoms with van der Waals surface area (Å²) in [6, 6.07) is -0.421. The minimum absolute atomic E-state index is 0.275. The molecule has 0 spiro atoms. The molecule has 0 aromatic heterocycles. The van der Waals surface area contributed by atoms with Crippen LogP contribution in [0, 0.1) is 0 Å². The van der Waals surface area contributed by atoms with Crippen molar-refractivity contribution in [2.24, 2.45) is 0 Å². The van der Waals surface area contributed by atoms with Crippen LogP contribution in [0.3, 0.4) is 0 Å². The highest BCUT2D eigenvalue weighted by Crippen LogP contribution is 2.28. The van der Waals surface area contributed by atoms with E-state index in [0.717, 1.165) is 5.57 Å². The number of hydrogen-bond acceptors (Lipinski definition) is 4. The van der Waals surface area contributed by atoms with Crippen molar-refractivity contribution in [1.82, 2.24) is 4.31 Å². The third kappa shape index (κ3) is 3.73. The third-order valence-corrected chi connectivity index (χ3v) is 4.66. The summed E-state index contributed by atoms with van der Waals surface area (Å²) < 4.78 is 18.9. The second-order valence-corrected chi connectivity index (χ2v) is 7.68. The van der Waals surface area contributed by atoms with Gasteiger partial charge in [-0.1, -0.05) is 11.6 Å². The minimum Gasteiger partial charge on any atom is -0.597 e. The van der Waals surface area contributed by atoms with Crippen LogP contribution in [0.25, 0.3) is 0 Å². The van der Waals surface area contributed by atoms with Crippen LogP contribution in [0.2, 0.25) is 0 Å². The van der Waals surface area contributed by atoms with Crippen LogP contribution in [-0.4, -0.2) is 38.8 Å². The molecule has 0 fully saturated rings. The molecule has 1 aliphatic heterocycles. The van der Waals surface area contributed by atoms with E-state index >= 15 is 0 Å². The Morgan fingerprint density at radius 2 is 2.22 bits per heavy atom. The second kappa shape index (κ2) is 6.08. The molecule has 104 valence electrons. The Hall–Kier alpha value is -0.520. The van der Waals surface area contributed by atoms with Gasteiger partial charge >= 0.3 is 5.97 Å². The summed E-state index contributed by atoms with van der Waals surface area (Å²) in [6.07, 6.45) is 2.63. The Kier molecular flexibility index (Phi) is 5.25. The predicted octanol–water partition coefficient (Wildman–Crippen LogP) is 2.03. The van der Waals surface area contributed by atoms with E-state index in [1.165, 1.54) is 0 Å². The fraction of sp³-hybridized carbons (Fsp3) is 0.769. The maximum absolute atomic E-state index is 12.4. The predicted molar refractivity (Wildman–Crippen MR) is 73.4 cm³/mol. The van der Waals surface area contributed by atoms with Crippen LogP contribution in [0.1, 0.15) is 41.0 Å². The van der Waals surface area contributed by atoms with Crippen LogP contribution in [0.15, 0.2) is 11.6 Å². The molecule has 5 heteroatoms. The van der Waals surface area contributed by atoms with Crippen molar-refractivity contribution in [2.45, 2.75) is 51.8 Å². The van der Waals surface area contributed by atoms with Gasteiger partial charge in [-0.2, -0.15) is 0 Å². The maximum atomic E-state index is 12.4. The monoisotopic (exact) mass is 273 g/mol. The van der Waals surface area contributed by atoms with Gasteiger partial charge < -0.3 is 9.29 Å². The normalized spacial score (nSPS) is 23.4. The van der Waals surface area contributed by atoms with Gasteiger partial charge in [-0.05, 0) is 41.0 Å². The zero-order chi connectivity index (χ0) is 13.9. The Morgan fingerprint density at radius 1 is 1.61 bits per heavy atom. The second-order valence-electron chi connectivity index (χ2n) is 5.48. The molecule has 0 saturated heterocycles. The first kappa shape index (κ1) is 15.5. The highest BCUT2D eigenvalue weighted by atomic mass is 32.2. The number of esters is 1. The lowest BCUT2D eigenvalue weighted by Crippen LogP contribution is -2.53. The van der Waals surface area contributed by atoms with E-state index in [-0.39, 0.29) is 10.7 Å². The quantitative estimate of drug-likeness (QED) is 0.448. The van der Waals surface area contributed by atoms with E-state index in [4.69, 9.17) is 4.74 Å². The van der Waals surface area contributed by atoms with Gasteiger partial charge in [-0.25, -0.2) is 0 Å². The molecule has 0 N–H and O–H groups in total. The van der Waals surface area contributed by atoms with E-state index in [0.29, 0.717) is 19.6 Å². The molecule has 0 bridgehead atoms. The maximum Gasteiger partial charge on any atom is 0.328 e. The molecule has 1 unspecified atom stereocenters. The van der Waals surface area contributed by atoms with Crippen molar-refractivity contribution in [1.29, 1.82) is 0 Å². The van der Waals surface area contributed by atoms with Gasteiger partial charge in [-0.3, -0.25) is 4.79 Å². The van der Waals surface area contributed by atoms with Crippen molar-refractivity contribution in [3.05, 3.63) is 11.6 Å². The summed E-state index contributed by atoms with van der Waals surface area (Å²) in [5.74, 6) is -0.275. The lowest BCUT2D eigenvalue weighted by molar-refractivity contribution is -0.147. The van der Waals surface area contributed by atoms with Crippen molar-refractivity contribution >= 4 is 17.3 Å². The van der Waals surface area contributed by atoms with E-state index < -0.39 is 17.4 Å². The van der Waals surface area contributed by atoms with E-state index in [9.17, 15) is 9.35 Å². The van der Waals surface area contributed by atoms with Crippen LogP contribution >= 0.6 is 0 Å². The summed E-state index contributed by atoms with van der Waals surface area (Å²) in [5.41, 5.74) is 1.15. The van der Waals surface area contributed by atoms with Gasteiger partial charge in [-0.15, -0.1) is 4.31 Å². The van der Waals surface area contributed by atoms with Crippen LogP contribution in [0.5, 0.6) is 0 Å². The molecule has 0 saturated carbocycles. The molecule has 0 aromatic rings. The number of carbonyl (C=O) groups excluding carboxylic acids is 1. The Labute approximate surface area is 113 Å². The molecule has 1 heterocycles. The number of ether oxygens (including phenoxy) is 1. The minimum atomic E-state index is -1.21. The molecule has 4 nitrogen and oxygen atoms in total.